The second kappa shape index (κ2) is 7.08. The molecule has 1 aliphatic heterocycles. The second-order valence-electron chi connectivity index (χ2n) is 6.71. The number of nitrogens with one attached hydrogen (secondary N) is 2. The summed E-state index contributed by atoms with van der Waals surface area (Å²) in [6.07, 6.45) is 3.52. The Morgan fingerprint density at radius 3 is 2.74 bits per heavy atom. The molecule has 3 heterocycles. The van der Waals surface area contributed by atoms with Crippen LogP contribution >= 0.6 is 11.6 Å². The zero-order valence-corrected chi connectivity index (χ0v) is 16.0. The van der Waals surface area contributed by atoms with Crippen LogP contribution < -0.4 is 10.2 Å². The number of H-pyrrole nitrogens is 1. The van der Waals surface area contributed by atoms with Gasteiger partial charge in [0, 0.05) is 43.1 Å². The number of hydrogen-bond acceptors (Lipinski definition) is 4. The molecule has 2 N–H and O–H groups in total. The van der Waals surface area contributed by atoms with Gasteiger partial charge < -0.3 is 20.1 Å². The van der Waals surface area contributed by atoms with Gasteiger partial charge in [0.1, 0.15) is 17.8 Å². The largest absolute Gasteiger partial charge is 0.352 e. The van der Waals surface area contributed by atoms with Crippen LogP contribution in [0.5, 0.6) is 0 Å². The highest BCUT2D eigenvalue weighted by Crippen LogP contribution is 2.27. The summed E-state index contributed by atoms with van der Waals surface area (Å²) in [5.74, 6) is 0.921. The maximum Gasteiger partial charge on any atom is 0.321 e. The maximum absolute atomic E-state index is 12.6. The highest BCUT2D eigenvalue weighted by molar-refractivity contribution is 6.31. The first-order chi connectivity index (χ1) is 13.0. The Hall–Kier alpha value is -2.80. The first-order valence-electron chi connectivity index (χ1n) is 8.89. The van der Waals surface area contributed by atoms with Gasteiger partial charge in [0.05, 0.1) is 5.39 Å². The molecule has 0 spiro atoms. The number of carbonyl (C=O) groups excluding carboxylic acids is 1. The molecular formula is C19H21ClN6O. The van der Waals surface area contributed by atoms with Crippen molar-refractivity contribution < 1.29 is 4.79 Å². The van der Waals surface area contributed by atoms with E-state index in [0.717, 1.165) is 46.8 Å². The SMILES string of the molecule is Cc1c(Cl)cccc1NC(=O)N1CCN(c2ncnc3[nH]cc(C)c23)CC1. The van der Waals surface area contributed by atoms with Crippen molar-refractivity contribution in [2.45, 2.75) is 13.8 Å². The highest BCUT2D eigenvalue weighted by Gasteiger charge is 2.24. The number of carbonyl (C=O) groups is 1. The van der Waals surface area contributed by atoms with E-state index in [1.165, 1.54) is 0 Å². The van der Waals surface area contributed by atoms with Gasteiger partial charge in [-0.05, 0) is 37.1 Å². The lowest BCUT2D eigenvalue weighted by Gasteiger charge is -2.35. The summed E-state index contributed by atoms with van der Waals surface area (Å²) >= 11 is 6.13. The molecule has 1 saturated heterocycles. The number of rotatable bonds is 2. The number of benzene rings is 1. The van der Waals surface area contributed by atoms with Crippen LogP contribution in [0.2, 0.25) is 5.02 Å². The van der Waals surface area contributed by atoms with Gasteiger partial charge in [-0.3, -0.25) is 0 Å². The van der Waals surface area contributed by atoms with Gasteiger partial charge >= 0.3 is 6.03 Å². The van der Waals surface area contributed by atoms with Crippen molar-refractivity contribution in [2.75, 3.05) is 36.4 Å². The number of piperazine rings is 1. The molecular weight excluding hydrogens is 364 g/mol. The van der Waals surface area contributed by atoms with E-state index < -0.39 is 0 Å². The van der Waals surface area contributed by atoms with Crippen molar-refractivity contribution in [3.05, 3.63) is 46.9 Å². The number of amides is 2. The quantitative estimate of drug-likeness (QED) is 0.708. The van der Waals surface area contributed by atoms with E-state index in [1.807, 2.05) is 43.1 Å². The number of nitrogens with zero attached hydrogens (tertiary/aromatic N) is 4. The summed E-state index contributed by atoms with van der Waals surface area (Å²) in [4.78, 5) is 28.6. The number of aryl methyl sites for hydroxylation is 1. The molecule has 1 fully saturated rings. The van der Waals surface area contributed by atoms with E-state index >= 15 is 0 Å². The minimum absolute atomic E-state index is 0.106. The van der Waals surface area contributed by atoms with Crippen LogP contribution in [0.15, 0.2) is 30.7 Å². The van der Waals surface area contributed by atoms with Gasteiger partial charge in [-0.15, -0.1) is 0 Å². The fraction of sp³-hybridized carbons (Fsp3) is 0.316. The predicted molar refractivity (Wildman–Crippen MR) is 108 cm³/mol. The van der Waals surface area contributed by atoms with Crippen molar-refractivity contribution in [3.63, 3.8) is 0 Å². The van der Waals surface area contributed by atoms with Gasteiger partial charge in [-0.1, -0.05) is 17.7 Å². The molecule has 0 aliphatic carbocycles. The molecule has 140 valence electrons. The van der Waals surface area contributed by atoms with Crippen LogP contribution in [0, 0.1) is 13.8 Å². The molecule has 3 aromatic rings. The summed E-state index contributed by atoms with van der Waals surface area (Å²) in [7, 11) is 0. The normalized spacial score (nSPS) is 14.6. The van der Waals surface area contributed by atoms with E-state index in [1.54, 1.807) is 6.33 Å². The summed E-state index contributed by atoms with van der Waals surface area (Å²) in [6, 6.07) is 5.41. The molecule has 0 radical (unpaired) electrons. The Bertz CT molecular complexity index is 993. The van der Waals surface area contributed by atoms with Crippen LogP contribution in [-0.2, 0) is 0 Å². The van der Waals surface area contributed by atoms with Crippen LogP contribution in [0.3, 0.4) is 0 Å². The third-order valence-corrected chi connectivity index (χ3v) is 5.43. The third kappa shape index (κ3) is 3.30. The number of hydrogen-bond donors (Lipinski definition) is 2. The molecule has 0 unspecified atom stereocenters. The van der Waals surface area contributed by atoms with Crippen LogP contribution in [0.25, 0.3) is 11.0 Å². The van der Waals surface area contributed by atoms with E-state index in [-0.39, 0.29) is 6.03 Å². The molecule has 2 aromatic heterocycles. The zero-order chi connectivity index (χ0) is 19.0. The number of anilines is 2. The molecule has 1 aromatic carbocycles. The average molecular weight is 385 g/mol. The summed E-state index contributed by atoms with van der Waals surface area (Å²) in [5, 5.41) is 4.66. The van der Waals surface area contributed by atoms with Gasteiger partial charge in [-0.2, -0.15) is 0 Å². The smallest absolute Gasteiger partial charge is 0.321 e. The van der Waals surface area contributed by atoms with E-state index in [9.17, 15) is 4.79 Å². The van der Waals surface area contributed by atoms with Crippen molar-refractivity contribution >= 4 is 40.2 Å². The molecule has 8 heteroatoms. The molecule has 7 nitrogen and oxygen atoms in total. The molecule has 0 saturated carbocycles. The van der Waals surface area contributed by atoms with Crippen LogP contribution in [0.1, 0.15) is 11.1 Å². The van der Waals surface area contributed by atoms with E-state index in [0.29, 0.717) is 18.1 Å². The number of halogens is 1. The van der Waals surface area contributed by atoms with Gasteiger partial charge in [0.15, 0.2) is 0 Å². The Labute approximate surface area is 162 Å². The number of aromatic amines is 1. The standard InChI is InChI=1S/C19H21ClN6O/c1-12-10-21-17-16(12)18(23-11-22-17)25-6-8-26(9-7-25)19(27)24-15-5-3-4-14(20)13(15)2/h3-5,10-11H,6-9H2,1-2H3,(H,24,27)(H,21,22,23). The van der Waals surface area contributed by atoms with E-state index in [4.69, 9.17) is 11.6 Å². The van der Waals surface area contributed by atoms with Gasteiger partial charge in [-0.25, -0.2) is 14.8 Å². The molecule has 27 heavy (non-hydrogen) atoms. The lowest BCUT2D eigenvalue weighted by molar-refractivity contribution is 0.208. The monoisotopic (exact) mass is 384 g/mol. The predicted octanol–water partition coefficient (Wildman–Crippen LogP) is 3.58. The average Bonchev–Trinajstić information content (AvgIpc) is 3.07. The first kappa shape index (κ1) is 17.6. The summed E-state index contributed by atoms with van der Waals surface area (Å²) in [5.41, 5.74) is 3.58. The van der Waals surface area contributed by atoms with Crippen molar-refractivity contribution in [2.24, 2.45) is 0 Å². The molecule has 1 aliphatic rings. The minimum Gasteiger partial charge on any atom is -0.352 e. The van der Waals surface area contributed by atoms with Crippen LogP contribution in [-0.4, -0.2) is 52.1 Å². The maximum atomic E-state index is 12.6. The Morgan fingerprint density at radius 2 is 1.96 bits per heavy atom. The first-order valence-corrected chi connectivity index (χ1v) is 9.27. The van der Waals surface area contributed by atoms with Crippen LogP contribution in [0.4, 0.5) is 16.3 Å². The van der Waals surface area contributed by atoms with Gasteiger partial charge in [0.25, 0.3) is 0 Å². The zero-order valence-electron chi connectivity index (χ0n) is 15.3. The molecule has 4 rings (SSSR count). The fourth-order valence-corrected chi connectivity index (χ4v) is 3.57. The molecule has 2 amide bonds. The van der Waals surface area contributed by atoms with Crippen molar-refractivity contribution in [1.29, 1.82) is 0 Å². The fourth-order valence-electron chi connectivity index (χ4n) is 3.40. The lowest BCUT2D eigenvalue weighted by Crippen LogP contribution is -2.50. The highest BCUT2D eigenvalue weighted by atomic mass is 35.5. The molecule has 0 bridgehead atoms. The number of urea groups is 1. The third-order valence-electron chi connectivity index (χ3n) is 5.02. The summed E-state index contributed by atoms with van der Waals surface area (Å²) in [6.45, 7) is 6.64. The Balaban J connectivity index is 1.45. The Kier molecular flexibility index (Phi) is 4.61. The topological polar surface area (TPSA) is 77.2 Å². The number of fused-ring (bicyclic) bond motifs is 1. The lowest BCUT2D eigenvalue weighted by atomic mass is 10.2. The number of aromatic nitrogens is 3. The Morgan fingerprint density at radius 1 is 1.19 bits per heavy atom. The van der Waals surface area contributed by atoms with E-state index in [2.05, 4.69) is 25.2 Å². The minimum atomic E-state index is -0.106. The second-order valence-corrected chi connectivity index (χ2v) is 7.12. The van der Waals surface area contributed by atoms with Crippen molar-refractivity contribution in [1.82, 2.24) is 19.9 Å². The molecule has 0 atom stereocenters. The van der Waals surface area contributed by atoms with Gasteiger partial charge in [0.2, 0.25) is 0 Å². The summed E-state index contributed by atoms with van der Waals surface area (Å²) < 4.78 is 0. The van der Waals surface area contributed by atoms with Crippen molar-refractivity contribution in [3.8, 4) is 0 Å².